The normalized spacial score (nSPS) is 22.9. The molecular weight excluding hydrogens is 435 g/mol. The number of carbonyl (C=O) groups excluding carboxylic acids is 1. The van der Waals surface area contributed by atoms with Crippen molar-refractivity contribution < 1.29 is 27.4 Å². The van der Waals surface area contributed by atoms with Gasteiger partial charge in [0.1, 0.15) is 25.0 Å². The Labute approximate surface area is 193 Å². The van der Waals surface area contributed by atoms with Crippen LogP contribution in [-0.4, -0.2) is 85.5 Å². The lowest BCUT2D eigenvalue weighted by Gasteiger charge is -2.47. The zero-order valence-electron chi connectivity index (χ0n) is 19.4. The fourth-order valence-electron chi connectivity index (χ4n) is 5.06. The Morgan fingerprint density at radius 2 is 1.73 bits per heavy atom. The van der Waals surface area contributed by atoms with Crippen molar-refractivity contribution in [3.63, 3.8) is 0 Å². The number of hydrogen-bond acceptors (Lipinski definition) is 5. The molecule has 0 saturated carbocycles. The summed E-state index contributed by atoms with van der Waals surface area (Å²) in [5.74, 6) is 0.276. The van der Waals surface area contributed by atoms with E-state index in [1.165, 1.54) is 0 Å². The first-order valence-electron chi connectivity index (χ1n) is 11.9. The Kier molecular flexibility index (Phi) is 7.09. The first-order chi connectivity index (χ1) is 15.6. The summed E-state index contributed by atoms with van der Waals surface area (Å²) in [5.41, 5.74) is 0.370. The minimum absolute atomic E-state index is 0.00157. The molecule has 1 aromatic carbocycles. The lowest BCUT2D eigenvalue weighted by atomic mass is 9.89. The van der Waals surface area contributed by atoms with Crippen molar-refractivity contribution in [3.8, 4) is 5.75 Å². The summed E-state index contributed by atoms with van der Waals surface area (Å²) < 4.78 is 50.4. The molecule has 0 unspecified atom stereocenters. The van der Waals surface area contributed by atoms with Gasteiger partial charge in [-0.3, -0.25) is 4.79 Å². The molecule has 0 N–H and O–H groups in total. The quantitative estimate of drug-likeness (QED) is 0.658. The van der Waals surface area contributed by atoms with E-state index in [2.05, 4.69) is 23.6 Å². The van der Waals surface area contributed by atoms with Crippen molar-refractivity contribution in [2.45, 2.75) is 63.5 Å². The molecule has 3 heterocycles. The fraction of sp³-hybridized carbons (Fsp3) is 0.708. The van der Waals surface area contributed by atoms with Gasteiger partial charge in [0.05, 0.1) is 12.1 Å². The first kappa shape index (κ1) is 24.1. The number of ether oxygens (including phenoxy) is 2. The molecule has 0 radical (unpaired) electrons. The highest BCUT2D eigenvalue weighted by molar-refractivity contribution is 5.78. The van der Waals surface area contributed by atoms with Crippen molar-refractivity contribution >= 4 is 11.6 Å². The third kappa shape index (κ3) is 6.12. The topological polar surface area (TPSA) is 45.2 Å². The van der Waals surface area contributed by atoms with Crippen molar-refractivity contribution in [2.75, 3.05) is 50.8 Å². The monoisotopic (exact) mass is 469 g/mol. The second-order valence-corrected chi connectivity index (χ2v) is 9.76. The van der Waals surface area contributed by atoms with Crippen molar-refractivity contribution in [1.82, 2.24) is 9.80 Å². The van der Waals surface area contributed by atoms with Crippen LogP contribution in [0.25, 0.3) is 0 Å². The first-order valence-corrected chi connectivity index (χ1v) is 11.9. The number of likely N-dealkylation sites (tertiary alicyclic amines) is 1. The number of rotatable bonds is 5. The molecule has 4 rings (SSSR count). The van der Waals surface area contributed by atoms with E-state index in [-0.39, 0.29) is 19.3 Å². The Morgan fingerprint density at radius 1 is 1.09 bits per heavy atom. The van der Waals surface area contributed by atoms with Crippen LogP contribution < -0.4 is 9.64 Å². The van der Waals surface area contributed by atoms with Crippen LogP contribution in [0.4, 0.5) is 18.9 Å². The molecule has 3 saturated heterocycles. The summed E-state index contributed by atoms with van der Waals surface area (Å²) in [5, 5.41) is 0. The number of anilines is 1. The number of hydrogen-bond donors (Lipinski definition) is 0. The molecular formula is C24H34F3N3O3. The molecule has 33 heavy (non-hydrogen) atoms. The summed E-state index contributed by atoms with van der Waals surface area (Å²) in [6.07, 6.45) is -0.928. The molecule has 0 bridgehead atoms. The summed E-state index contributed by atoms with van der Waals surface area (Å²) >= 11 is 0. The van der Waals surface area contributed by atoms with Crippen LogP contribution in [0, 0.1) is 0 Å². The molecule has 0 aliphatic carbocycles. The molecule has 6 nitrogen and oxygen atoms in total. The number of halogens is 3. The average molecular weight is 470 g/mol. The number of nitrogens with zero attached hydrogens (tertiary/aromatic N) is 3. The largest absolute Gasteiger partial charge is 0.490 e. The summed E-state index contributed by atoms with van der Waals surface area (Å²) in [7, 11) is 0. The van der Waals surface area contributed by atoms with E-state index in [1.54, 1.807) is 0 Å². The summed E-state index contributed by atoms with van der Waals surface area (Å²) in [6.45, 7) is 6.41. The highest BCUT2D eigenvalue weighted by Crippen LogP contribution is 2.34. The van der Waals surface area contributed by atoms with E-state index >= 15 is 0 Å². The average Bonchev–Trinajstić information content (AvgIpc) is 2.77. The number of piperidine rings is 2. The Bertz CT molecular complexity index is 799. The van der Waals surface area contributed by atoms with Gasteiger partial charge in [-0.15, -0.1) is 0 Å². The van der Waals surface area contributed by atoms with Gasteiger partial charge in [-0.1, -0.05) is 0 Å². The van der Waals surface area contributed by atoms with Gasteiger partial charge < -0.3 is 24.2 Å². The molecule has 9 heteroatoms. The van der Waals surface area contributed by atoms with Gasteiger partial charge in [0.2, 0.25) is 5.91 Å². The molecule has 1 aromatic rings. The van der Waals surface area contributed by atoms with Gasteiger partial charge in [0, 0.05) is 37.9 Å². The maximum atomic E-state index is 12.8. The third-order valence-electron chi connectivity index (χ3n) is 7.09. The maximum absolute atomic E-state index is 12.8. The van der Waals surface area contributed by atoms with Crippen LogP contribution in [0.15, 0.2) is 24.3 Å². The van der Waals surface area contributed by atoms with E-state index < -0.39 is 24.2 Å². The second kappa shape index (κ2) is 9.70. The number of alkyl halides is 3. The van der Waals surface area contributed by atoms with Crippen molar-refractivity contribution in [1.29, 1.82) is 0 Å². The molecule has 1 amide bonds. The fourth-order valence-corrected chi connectivity index (χ4v) is 5.06. The zero-order valence-corrected chi connectivity index (χ0v) is 19.4. The lowest BCUT2D eigenvalue weighted by molar-refractivity contribution is -0.191. The minimum Gasteiger partial charge on any atom is -0.490 e. The standard InChI is InChI=1S/C24H34F3N3O3/c1-18(2)28-11-7-21(8-12-28)33-20-5-3-19(4-6-20)29-13-9-23(10-14-29)16-30(17-24(25,26)27)22(31)15-32-23/h3-6,18,21H,7-17H2,1-2H3. The van der Waals surface area contributed by atoms with Gasteiger partial charge >= 0.3 is 6.18 Å². The smallest absolute Gasteiger partial charge is 0.406 e. The highest BCUT2D eigenvalue weighted by Gasteiger charge is 2.45. The van der Waals surface area contributed by atoms with E-state index in [4.69, 9.17) is 9.47 Å². The number of benzene rings is 1. The number of carbonyl (C=O) groups is 1. The van der Waals surface area contributed by atoms with Crippen LogP contribution in [0.2, 0.25) is 0 Å². The van der Waals surface area contributed by atoms with Crippen molar-refractivity contribution in [3.05, 3.63) is 24.3 Å². The van der Waals surface area contributed by atoms with E-state index in [0.717, 1.165) is 42.3 Å². The van der Waals surface area contributed by atoms with Crippen molar-refractivity contribution in [2.24, 2.45) is 0 Å². The molecule has 1 spiro atoms. The van der Waals surface area contributed by atoms with E-state index in [1.807, 2.05) is 24.3 Å². The molecule has 3 aliphatic rings. The SMILES string of the molecule is CC(C)N1CCC(Oc2ccc(N3CCC4(CC3)CN(CC(F)(F)F)C(=O)CO4)cc2)CC1. The maximum Gasteiger partial charge on any atom is 0.406 e. The highest BCUT2D eigenvalue weighted by atomic mass is 19.4. The third-order valence-corrected chi connectivity index (χ3v) is 7.09. The predicted octanol–water partition coefficient (Wildman–Crippen LogP) is 3.70. The Balaban J connectivity index is 1.28. The predicted molar refractivity (Wildman–Crippen MR) is 120 cm³/mol. The van der Waals surface area contributed by atoms with Gasteiger partial charge in [-0.25, -0.2) is 0 Å². The minimum atomic E-state index is -4.40. The molecule has 0 atom stereocenters. The van der Waals surface area contributed by atoms with Crippen LogP contribution in [0.3, 0.4) is 0 Å². The molecule has 3 aliphatic heterocycles. The Hall–Kier alpha value is -2.00. The van der Waals surface area contributed by atoms with Crippen LogP contribution in [-0.2, 0) is 9.53 Å². The Morgan fingerprint density at radius 3 is 2.30 bits per heavy atom. The lowest BCUT2D eigenvalue weighted by Crippen LogP contribution is -2.60. The van der Waals surface area contributed by atoms with E-state index in [9.17, 15) is 18.0 Å². The zero-order chi connectivity index (χ0) is 23.6. The summed E-state index contributed by atoms with van der Waals surface area (Å²) in [4.78, 5) is 17.5. The van der Waals surface area contributed by atoms with Crippen LogP contribution in [0.5, 0.6) is 5.75 Å². The van der Waals surface area contributed by atoms with Gasteiger partial charge in [-0.05, 0) is 63.8 Å². The van der Waals surface area contributed by atoms with Gasteiger partial charge in [-0.2, -0.15) is 13.2 Å². The van der Waals surface area contributed by atoms with Gasteiger partial charge in [0.25, 0.3) is 0 Å². The van der Waals surface area contributed by atoms with Gasteiger partial charge in [0.15, 0.2) is 0 Å². The molecule has 184 valence electrons. The van der Waals surface area contributed by atoms with E-state index in [0.29, 0.717) is 32.0 Å². The van der Waals surface area contributed by atoms with Crippen LogP contribution >= 0.6 is 0 Å². The number of morpholine rings is 1. The number of amides is 1. The summed E-state index contributed by atoms with van der Waals surface area (Å²) in [6, 6.07) is 8.64. The van der Waals surface area contributed by atoms with Crippen LogP contribution in [0.1, 0.15) is 39.5 Å². The molecule has 3 fully saturated rings. The molecule has 0 aromatic heterocycles. The second-order valence-electron chi connectivity index (χ2n) is 9.76.